The van der Waals surface area contributed by atoms with Gasteiger partial charge in [-0.1, -0.05) is 71.7 Å². The number of ketones is 1. The Hall–Kier alpha value is -3.54. The topological polar surface area (TPSA) is 75.6 Å². The zero-order chi connectivity index (χ0) is 26.1. The molecule has 0 aliphatic carbocycles. The minimum Gasteiger partial charge on any atom is -0.497 e. The number of fused-ring (bicyclic) bond motifs is 1. The molecule has 0 aliphatic heterocycles. The van der Waals surface area contributed by atoms with Gasteiger partial charge in [-0.05, 0) is 65.6 Å². The summed E-state index contributed by atoms with van der Waals surface area (Å²) in [5, 5.41) is 15.3. The summed E-state index contributed by atoms with van der Waals surface area (Å²) in [6.07, 6.45) is 1.37. The Labute approximate surface area is 220 Å². The van der Waals surface area contributed by atoms with Gasteiger partial charge in [0.1, 0.15) is 11.5 Å². The number of benzene rings is 4. The van der Waals surface area contributed by atoms with Gasteiger partial charge in [0.05, 0.1) is 29.3 Å². The van der Waals surface area contributed by atoms with Crippen molar-refractivity contribution in [2.45, 2.75) is 26.2 Å². The van der Waals surface area contributed by atoms with E-state index in [1.54, 1.807) is 50.4 Å². The second-order valence-corrected chi connectivity index (χ2v) is 9.01. The lowest BCUT2D eigenvalue weighted by molar-refractivity contribution is -0.136. The van der Waals surface area contributed by atoms with Crippen LogP contribution in [0.15, 0.2) is 78.9 Å². The van der Waals surface area contributed by atoms with E-state index in [1.807, 2.05) is 24.3 Å². The zero-order valence-electron chi connectivity index (χ0n) is 20.1. The normalized spacial score (nSPS) is 10.3. The molecule has 4 aromatic rings. The number of carbonyl (C=O) groups is 2. The van der Waals surface area contributed by atoms with E-state index in [4.69, 9.17) is 33.0 Å². The third kappa shape index (κ3) is 7.74. The number of rotatable bonds is 8. The van der Waals surface area contributed by atoms with Gasteiger partial charge in [-0.2, -0.15) is 0 Å². The number of carboxylic acid groups (broad SMARTS) is 1. The molecule has 0 aliphatic rings. The molecule has 0 bridgehead atoms. The zero-order valence-corrected chi connectivity index (χ0v) is 21.6. The Morgan fingerprint density at radius 1 is 0.889 bits per heavy atom. The summed E-state index contributed by atoms with van der Waals surface area (Å²) in [5.74, 6) is 0.216. The SMILES string of the molecule is COc1ccc2cc(CCC(C)=O)ccc2c1.O=C(O)Cc1ccccc1Nc1c(Cl)cccc1Cl. The van der Waals surface area contributed by atoms with Crippen molar-refractivity contribution in [1.82, 2.24) is 0 Å². The van der Waals surface area contributed by atoms with Crippen LogP contribution in [0.25, 0.3) is 10.8 Å². The lowest BCUT2D eigenvalue weighted by Gasteiger charge is -2.13. The summed E-state index contributed by atoms with van der Waals surface area (Å²) in [7, 11) is 1.67. The van der Waals surface area contributed by atoms with Crippen molar-refractivity contribution >= 4 is 57.1 Å². The highest BCUT2D eigenvalue weighted by molar-refractivity contribution is 6.39. The summed E-state index contributed by atoms with van der Waals surface area (Å²) in [5.41, 5.74) is 3.13. The van der Waals surface area contributed by atoms with Crippen molar-refractivity contribution in [2.24, 2.45) is 0 Å². The van der Waals surface area contributed by atoms with E-state index >= 15 is 0 Å². The average Bonchev–Trinajstić information content (AvgIpc) is 2.85. The monoisotopic (exact) mass is 523 g/mol. The van der Waals surface area contributed by atoms with Gasteiger partial charge in [-0.3, -0.25) is 4.79 Å². The molecule has 0 amide bonds. The summed E-state index contributed by atoms with van der Waals surface area (Å²) in [4.78, 5) is 21.8. The molecule has 0 atom stereocenters. The van der Waals surface area contributed by atoms with Crippen molar-refractivity contribution in [3.05, 3.63) is 100 Å². The molecule has 0 radical (unpaired) electrons. The van der Waals surface area contributed by atoms with Crippen molar-refractivity contribution in [1.29, 1.82) is 0 Å². The Bertz CT molecular complexity index is 1350. The number of halogens is 2. The van der Waals surface area contributed by atoms with E-state index in [-0.39, 0.29) is 12.2 Å². The van der Waals surface area contributed by atoms with Gasteiger partial charge in [0.25, 0.3) is 0 Å². The number of carbonyl (C=O) groups excluding carboxylic acids is 1. The Morgan fingerprint density at radius 2 is 1.56 bits per heavy atom. The van der Waals surface area contributed by atoms with Crippen LogP contribution < -0.4 is 10.1 Å². The van der Waals surface area contributed by atoms with Gasteiger partial charge in [-0.15, -0.1) is 0 Å². The van der Waals surface area contributed by atoms with E-state index in [0.717, 1.165) is 17.6 Å². The van der Waals surface area contributed by atoms with Crippen molar-refractivity contribution in [2.75, 3.05) is 12.4 Å². The number of anilines is 2. The number of hydrogen-bond acceptors (Lipinski definition) is 4. The molecule has 7 heteroatoms. The van der Waals surface area contributed by atoms with Crippen molar-refractivity contribution in [3.8, 4) is 5.75 Å². The molecule has 0 unspecified atom stereocenters. The number of para-hydroxylation sites is 2. The molecule has 36 heavy (non-hydrogen) atoms. The summed E-state index contributed by atoms with van der Waals surface area (Å²) < 4.78 is 5.19. The first-order valence-electron chi connectivity index (χ1n) is 11.3. The molecule has 0 aromatic heterocycles. The fourth-order valence-corrected chi connectivity index (χ4v) is 4.08. The van der Waals surface area contributed by atoms with E-state index in [1.165, 1.54) is 10.9 Å². The van der Waals surface area contributed by atoms with E-state index in [9.17, 15) is 9.59 Å². The third-order valence-corrected chi connectivity index (χ3v) is 6.09. The third-order valence-electron chi connectivity index (χ3n) is 5.46. The van der Waals surface area contributed by atoms with Crippen LogP contribution in [0.1, 0.15) is 24.5 Å². The molecule has 4 aromatic carbocycles. The predicted molar refractivity (Wildman–Crippen MR) is 147 cm³/mol. The number of ether oxygens (including phenoxy) is 1. The molecule has 0 saturated heterocycles. The molecule has 2 N–H and O–H groups in total. The van der Waals surface area contributed by atoms with E-state index in [2.05, 4.69) is 23.5 Å². The van der Waals surface area contributed by atoms with E-state index in [0.29, 0.717) is 33.4 Å². The van der Waals surface area contributed by atoms with Crippen LogP contribution in [-0.2, 0) is 22.4 Å². The summed E-state index contributed by atoms with van der Waals surface area (Å²) in [6, 6.07) is 24.6. The molecule has 0 spiro atoms. The highest BCUT2D eigenvalue weighted by Gasteiger charge is 2.10. The number of aryl methyl sites for hydroxylation is 1. The van der Waals surface area contributed by atoms with Crippen LogP contribution in [0.3, 0.4) is 0 Å². The van der Waals surface area contributed by atoms with Crippen molar-refractivity contribution < 1.29 is 19.4 Å². The van der Waals surface area contributed by atoms with Gasteiger partial charge in [0.15, 0.2) is 0 Å². The molecule has 5 nitrogen and oxygen atoms in total. The lowest BCUT2D eigenvalue weighted by atomic mass is 10.0. The predicted octanol–water partition coefficient (Wildman–Crippen LogP) is 7.73. The van der Waals surface area contributed by atoms with Crippen LogP contribution in [0.4, 0.5) is 11.4 Å². The maximum Gasteiger partial charge on any atom is 0.307 e. The largest absolute Gasteiger partial charge is 0.497 e. The van der Waals surface area contributed by atoms with E-state index < -0.39 is 5.97 Å². The summed E-state index contributed by atoms with van der Waals surface area (Å²) in [6.45, 7) is 1.63. The minimum absolute atomic E-state index is 0.0642. The summed E-state index contributed by atoms with van der Waals surface area (Å²) >= 11 is 12.1. The smallest absolute Gasteiger partial charge is 0.307 e. The second-order valence-electron chi connectivity index (χ2n) is 8.20. The Morgan fingerprint density at radius 3 is 2.22 bits per heavy atom. The first kappa shape index (κ1) is 27.1. The van der Waals surface area contributed by atoms with Gasteiger partial charge >= 0.3 is 5.97 Å². The quantitative estimate of drug-likeness (QED) is 0.247. The van der Waals surface area contributed by atoms with Gasteiger partial charge in [-0.25, -0.2) is 0 Å². The minimum atomic E-state index is -0.889. The number of methoxy groups -OCH3 is 1. The molecular formula is C29H27Cl2NO4. The first-order valence-corrected chi connectivity index (χ1v) is 12.1. The van der Waals surface area contributed by atoms with Crippen LogP contribution >= 0.6 is 23.2 Å². The number of hydrogen-bond donors (Lipinski definition) is 2. The molecule has 186 valence electrons. The van der Waals surface area contributed by atoms with Crippen LogP contribution in [-0.4, -0.2) is 24.0 Å². The highest BCUT2D eigenvalue weighted by Crippen LogP contribution is 2.33. The second kappa shape index (κ2) is 13.0. The average molecular weight is 524 g/mol. The molecule has 4 rings (SSSR count). The number of Topliss-reactive ketones (excluding diaryl/α,β-unsaturated/α-hetero) is 1. The Balaban J connectivity index is 0.000000202. The standard InChI is InChI=1S/C15H16O2.C14H11Cl2NO2/c1-11(16)3-4-12-5-6-14-10-15(17-2)8-7-13(14)9-12;15-10-5-3-6-11(16)14(10)17-12-7-2-1-4-9(12)8-13(18)19/h5-10H,3-4H2,1-2H3;1-7,17H,8H2,(H,18,19). The molecule has 0 saturated carbocycles. The lowest BCUT2D eigenvalue weighted by Crippen LogP contribution is -2.04. The van der Waals surface area contributed by atoms with Crippen LogP contribution in [0.5, 0.6) is 5.75 Å². The molecular weight excluding hydrogens is 497 g/mol. The fourth-order valence-electron chi connectivity index (χ4n) is 3.59. The van der Waals surface area contributed by atoms with Gasteiger partial charge in [0.2, 0.25) is 0 Å². The number of nitrogens with one attached hydrogen (secondary N) is 1. The number of aliphatic carboxylic acids is 1. The maximum absolute atomic E-state index is 10.9. The van der Waals surface area contributed by atoms with Crippen molar-refractivity contribution in [3.63, 3.8) is 0 Å². The fraction of sp³-hybridized carbons (Fsp3) is 0.172. The number of carboxylic acids is 1. The molecule has 0 heterocycles. The maximum atomic E-state index is 10.9. The van der Waals surface area contributed by atoms with Crippen LogP contribution in [0.2, 0.25) is 10.0 Å². The van der Waals surface area contributed by atoms with Crippen LogP contribution in [0, 0.1) is 0 Å². The van der Waals surface area contributed by atoms with Gasteiger partial charge in [0, 0.05) is 12.1 Å². The molecule has 0 fully saturated rings. The van der Waals surface area contributed by atoms with Gasteiger partial charge < -0.3 is 20.0 Å². The highest BCUT2D eigenvalue weighted by atomic mass is 35.5. The Kier molecular flexibility index (Phi) is 9.74. The first-order chi connectivity index (χ1) is 17.3.